The normalized spacial score (nSPS) is 13.8. The number of aryl methyl sites for hydroxylation is 1. The number of thiazole rings is 1. The Morgan fingerprint density at radius 1 is 1.22 bits per heavy atom. The van der Waals surface area contributed by atoms with E-state index in [0.717, 1.165) is 29.3 Å². The SMILES string of the molecule is Cc1nc(-c2cccc(Cl)c2)sc1C(=O)Nc1ccc(N2CCCC2)cn1. The van der Waals surface area contributed by atoms with Crippen molar-refractivity contribution in [2.45, 2.75) is 19.8 Å². The number of hydrogen-bond donors (Lipinski definition) is 1. The minimum absolute atomic E-state index is 0.195. The maximum atomic E-state index is 12.7. The predicted molar refractivity (Wildman–Crippen MR) is 111 cm³/mol. The smallest absolute Gasteiger partial charge is 0.268 e. The van der Waals surface area contributed by atoms with Gasteiger partial charge in [-0.05, 0) is 44.0 Å². The van der Waals surface area contributed by atoms with E-state index < -0.39 is 0 Å². The molecular formula is C20H19ClN4OS. The summed E-state index contributed by atoms with van der Waals surface area (Å²) >= 11 is 7.41. The average molecular weight is 399 g/mol. The van der Waals surface area contributed by atoms with Crippen molar-refractivity contribution in [1.82, 2.24) is 9.97 Å². The highest BCUT2D eigenvalue weighted by Crippen LogP contribution is 2.30. The van der Waals surface area contributed by atoms with Crippen molar-refractivity contribution < 1.29 is 4.79 Å². The number of halogens is 1. The molecule has 0 saturated carbocycles. The highest BCUT2D eigenvalue weighted by Gasteiger charge is 2.18. The molecule has 0 bridgehead atoms. The molecule has 4 rings (SSSR count). The number of carbonyl (C=O) groups excluding carboxylic acids is 1. The summed E-state index contributed by atoms with van der Waals surface area (Å²) in [6, 6.07) is 11.3. The molecule has 0 unspecified atom stereocenters. The lowest BCUT2D eigenvalue weighted by Gasteiger charge is -2.17. The summed E-state index contributed by atoms with van der Waals surface area (Å²) < 4.78 is 0. The van der Waals surface area contributed by atoms with E-state index in [2.05, 4.69) is 20.2 Å². The van der Waals surface area contributed by atoms with Crippen LogP contribution in [0.5, 0.6) is 0 Å². The third-order valence-corrected chi connectivity index (χ3v) is 5.98. The van der Waals surface area contributed by atoms with Gasteiger partial charge in [-0.15, -0.1) is 11.3 Å². The van der Waals surface area contributed by atoms with Crippen LogP contribution >= 0.6 is 22.9 Å². The number of nitrogens with zero attached hydrogens (tertiary/aromatic N) is 3. The van der Waals surface area contributed by atoms with Crippen LogP contribution in [0.2, 0.25) is 5.02 Å². The van der Waals surface area contributed by atoms with Crippen LogP contribution in [0, 0.1) is 6.92 Å². The zero-order chi connectivity index (χ0) is 18.8. The van der Waals surface area contributed by atoms with Gasteiger partial charge in [-0.25, -0.2) is 9.97 Å². The Morgan fingerprint density at radius 2 is 2.04 bits per heavy atom. The molecule has 1 aliphatic rings. The summed E-state index contributed by atoms with van der Waals surface area (Å²) in [5, 5.41) is 4.29. The Kier molecular flexibility index (Phi) is 5.09. The topological polar surface area (TPSA) is 58.1 Å². The van der Waals surface area contributed by atoms with Gasteiger partial charge in [0.2, 0.25) is 0 Å². The van der Waals surface area contributed by atoms with Crippen molar-refractivity contribution in [3.05, 3.63) is 58.2 Å². The molecule has 7 heteroatoms. The van der Waals surface area contributed by atoms with Gasteiger partial charge in [-0.1, -0.05) is 23.7 Å². The molecule has 27 heavy (non-hydrogen) atoms. The molecule has 1 fully saturated rings. The summed E-state index contributed by atoms with van der Waals surface area (Å²) in [5.41, 5.74) is 2.70. The Balaban J connectivity index is 1.50. The van der Waals surface area contributed by atoms with E-state index in [1.165, 1.54) is 24.2 Å². The van der Waals surface area contributed by atoms with E-state index >= 15 is 0 Å². The molecule has 1 N–H and O–H groups in total. The average Bonchev–Trinajstić information content (AvgIpc) is 3.32. The van der Waals surface area contributed by atoms with Gasteiger partial charge in [0.25, 0.3) is 5.91 Å². The minimum atomic E-state index is -0.195. The number of nitrogens with one attached hydrogen (secondary N) is 1. The Labute approximate surface area is 167 Å². The number of anilines is 2. The van der Waals surface area contributed by atoms with Gasteiger partial charge in [-0.2, -0.15) is 0 Å². The van der Waals surface area contributed by atoms with E-state index in [1.807, 2.05) is 49.5 Å². The number of hydrogen-bond acceptors (Lipinski definition) is 5. The van der Waals surface area contributed by atoms with Crippen LogP contribution < -0.4 is 10.2 Å². The number of benzene rings is 1. The molecule has 2 aromatic heterocycles. The zero-order valence-electron chi connectivity index (χ0n) is 14.9. The number of aromatic nitrogens is 2. The second-order valence-electron chi connectivity index (χ2n) is 6.49. The van der Waals surface area contributed by atoms with Crippen molar-refractivity contribution in [2.24, 2.45) is 0 Å². The third-order valence-electron chi connectivity index (χ3n) is 4.54. The lowest BCUT2D eigenvalue weighted by atomic mass is 10.2. The molecule has 138 valence electrons. The standard InChI is InChI=1S/C20H19ClN4OS/c1-13-18(27-20(23-13)14-5-4-6-15(21)11-14)19(26)24-17-8-7-16(12-22-17)25-9-2-3-10-25/h4-8,11-12H,2-3,9-10H2,1H3,(H,22,24,26). The summed E-state index contributed by atoms with van der Waals surface area (Å²) in [4.78, 5) is 24.5. The van der Waals surface area contributed by atoms with E-state index in [1.54, 1.807) is 0 Å². The van der Waals surface area contributed by atoms with Gasteiger partial charge < -0.3 is 10.2 Å². The molecule has 5 nitrogen and oxygen atoms in total. The lowest BCUT2D eigenvalue weighted by molar-refractivity contribution is 0.102. The number of rotatable bonds is 4. The number of amides is 1. The fourth-order valence-corrected chi connectivity index (χ4v) is 4.30. The van der Waals surface area contributed by atoms with E-state index in [4.69, 9.17) is 11.6 Å². The molecule has 1 aromatic carbocycles. The van der Waals surface area contributed by atoms with Crippen LogP contribution in [0.15, 0.2) is 42.6 Å². The number of pyridine rings is 1. The quantitative estimate of drug-likeness (QED) is 0.670. The maximum absolute atomic E-state index is 12.7. The monoisotopic (exact) mass is 398 g/mol. The van der Waals surface area contributed by atoms with Crippen LogP contribution in [0.1, 0.15) is 28.2 Å². The van der Waals surface area contributed by atoms with E-state index in [9.17, 15) is 4.79 Å². The lowest BCUT2D eigenvalue weighted by Crippen LogP contribution is -2.18. The second kappa shape index (κ2) is 7.66. The van der Waals surface area contributed by atoms with Crippen LogP contribution in [-0.2, 0) is 0 Å². The summed E-state index contributed by atoms with van der Waals surface area (Å²) in [6.45, 7) is 3.98. The molecule has 1 amide bonds. The van der Waals surface area contributed by atoms with Gasteiger partial charge >= 0.3 is 0 Å². The first-order valence-electron chi connectivity index (χ1n) is 8.86. The van der Waals surface area contributed by atoms with Crippen LogP contribution in [-0.4, -0.2) is 29.0 Å². The zero-order valence-corrected chi connectivity index (χ0v) is 16.5. The van der Waals surface area contributed by atoms with E-state index in [-0.39, 0.29) is 5.91 Å². The van der Waals surface area contributed by atoms with Gasteiger partial charge in [0.15, 0.2) is 0 Å². The molecule has 0 atom stereocenters. The molecule has 1 saturated heterocycles. The highest BCUT2D eigenvalue weighted by molar-refractivity contribution is 7.17. The third kappa shape index (κ3) is 3.96. The Bertz CT molecular complexity index is 964. The molecule has 1 aliphatic heterocycles. The van der Waals surface area contributed by atoms with Crippen LogP contribution in [0.3, 0.4) is 0 Å². The predicted octanol–water partition coefficient (Wildman–Crippen LogP) is 5.02. The Morgan fingerprint density at radius 3 is 2.74 bits per heavy atom. The molecule has 3 heterocycles. The Hall–Kier alpha value is -2.44. The van der Waals surface area contributed by atoms with Crippen molar-refractivity contribution in [3.63, 3.8) is 0 Å². The fourth-order valence-electron chi connectivity index (χ4n) is 3.15. The fraction of sp³-hybridized carbons (Fsp3) is 0.250. The first kappa shape index (κ1) is 17.9. The van der Waals surface area contributed by atoms with Crippen LogP contribution in [0.4, 0.5) is 11.5 Å². The van der Waals surface area contributed by atoms with Crippen molar-refractivity contribution in [3.8, 4) is 10.6 Å². The summed E-state index contributed by atoms with van der Waals surface area (Å²) in [5.74, 6) is 0.347. The van der Waals surface area contributed by atoms with E-state index in [0.29, 0.717) is 21.4 Å². The van der Waals surface area contributed by atoms with Gasteiger partial charge in [0, 0.05) is 23.7 Å². The van der Waals surface area contributed by atoms with Crippen LogP contribution in [0.25, 0.3) is 10.6 Å². The molecule has 3 aromatic rings. The number of carbonyl (C=O) groups is 1. The largest absolute Gasteiger partial charge is 0.370 e. The van der Waals surface area contributed by atoms with Crippen molar-refractivity contribution in [2.75, 3.05) is 23.3 Å². The summed E-state index contributed by atoms with van der Waals surface area (Å²) in [6.07, 6.45) is 4.26. The first-order valence-corrected chi connectivity index (χ1v) is 10.1. The second-order valence-corrected chi connectivity index (χ2v) is 7.93. The van der Waals surface area contributed by atoms with Crippen molar-refractivity contribution >= 4 is 40.4 Å². The van der Waals surface area contributed by atoms with Gasteiger partial charge in [-0.3, -0.25) is 4.79 Å². The minimum Gasteiger partial charge on any atom is -0.370 e. The van der Waals surface area contributed by atoms with Crippen molar-refractivity contribution in [1.29, 1.82) is 0 Å². The molecule has 0 spiro atoms. The maximum Gasteiger partial charge on any atom is 0.268 e. The molecule has 0 radical (unpaired) electrons. The first-order chi connectivity index (χ1) is 13.1. The van der Waals surface area contributed by atoms with Gasteiger partial charge in [0.05, 0.1) is 17.6 Å². The molecular weight excluding hydrogens is 380 g/mol. The van der Waals surface area contributed by atoms with Gasteiger partial charge in [0.1, 0.15) is 15.7 Å². The highest BCUT2D eigenvalue weighted by atomic mass is 35.5. The summed E-state index contributed by atoms with van der Waals surface area (Å²) in [7, 11) is 0. The molecule has 0 aliphatic carbocycles.